The number of rotatable bonds is 4. The first kappa shape index (κ1) is 21.0. The van der Waals surface area contributed by atoms with E-state index in [1.165, 1.54) is 0 Å². The number of amides is 5. The summed E-state index contributed by atoms with van der Waals surface area (Å²) in [7, 11) is 1.90. The molecule has 1 spiro atoms. The molecule has 2 heterocycles. The number of hydrogen-bond donors (Lipinski definition) is 3. The van der Waals surface area contributed by atoms with E-state index in [0.29, 0.717) is 30.6 Å². The zero-order chi connectivity index (χ0) is 23.3. The first-order valence-electron chi connectivity index (χ1n) is 11.0. The number of fused-ring (bicyclic) bond motifs is 2. The van der Waals surface area contributed by atoms with E-state index in [1.54, 1.807) is 11.0 Å². The van der Waals surface area contributed by atoms with Crippen molar-refractivity contribution < 1.29 is 22.0 Å². The minimum atomic E-state index is -0.951. The molecule has 5 amide bonds. The molecule has 0 bridgehead atoms. The van der Waals surface area contributed by atoms with Crippen LogP contribution < -0.4 is 25.8 Å². The van der Waals surface area contributed by atoms with Gasteiger partial charge in [-0.05, 0) is 41.8 Å². The monoisotopic (exact) mass is 451 g/mol. The molecular formula is C24H29N5O4. The minimum absolute atomic E-state index is 0. The molecule has 5 rings (SSSR count). The van der Waals surface area contributed by atoms with Crippen molar-refractivity contribution in [3.05, 3.63) is 53.6 Å². The molecule has 0 saturated carbocycles. The number of likely N-dealkylation sites (N-methyl/N-ethyl adjacent to an activating group) is 1. The SMILES string of the molecule is CCC1C(=O)N(CC(=O)Nc2ccc3c(c2)CC2(C3)NC(=O)NC2=O)c2ccccc2N1C.[HH].[HH]. The zero-order valence-electron chi connectivity index (χ0n) is 18.5. The summed E-state index contributed by atoms with van der Waals surface area (Å²) >= 11 is 0. The zero-order valence-corrected chi connectivity index (χ0v) is 18.5. The predicted molar refractivity (Wildman–Crippen MR) is 127 cm³/mol. The predicted octanol–water partition coefficient (Wildman–Crippen LogP) is 2.06. The van der Waals surface area contributed by atoms with Crippen LogP contribution in [0.25, 0.3) is 0 Å². The molecule has 3 aliphatic rings. The van der Waals surface area contributed by atoms with E-state index in [-0.39, 0.29) is 33.2 Å². The highest BCUT2D eigenvalue weighted by Crippen LogP contribution is 2.36. The normalized spacial score (nSPS) is 23.3. The second-order valence-corrected chi connectivity index (χ2v) is 8.82. The molecule has 2 aromatic carbocycles. The molecule has 2 atom stereocenters. The summed E-state index contributed by atoms with van der Waals surface area (Å²) in [6.45, 7) is 1.86. The number of urea groups is 1. The molecule has 9 nitrogen and oxygen atoms in total. The Morgan fingerprint density at radius 2 is 1.85 bits per heavy atom. The molecule has 9 heteroatoms. The molecule has 1 fully saturated rings. The lowest BCUT2D eigenvalue weighted by molar-refractivity contribution is -0.123. The number of benzene rings is 2. The Balaban J connectivity index is 0.00000171. The van der Waals surface area contributed by atoms with E-state index in [1.807, 2.05) is 55.3 Å². The lowest BCUT2D eigenvalue weighted by atomic mass is 9.96. The van der Waals surface area contributed by atoms with Crippen LogP contribution in [0.3, 0.4) is 0 Å². The lowest BCUT2D eigenvalue weighted by Gasteiger charge is -2.40. The number of carbonyl (C=O) groups excluding carboxylic acids is 4. The Bertz CT molecular complexity index is 1210. The summed E-state index contributed by atoms with van der Waals surface area (Å²) in [5.41, 5.74) is 3.12. The third-order valence-electron chi connectivity index (χ3n) is 6.75. The Morgan fingerprint density at radius 3 is 2.55 bits per heavy atom. The summed E-state index contributed by atoms with van der Waals surface area (Å²) in [4.78, 5) is 53.4. The molecule has 1 saturated heterocycles. The van der Waals surface area contributed by atoms with Gasteiger partial charge in [-0.2, -0.15) is 0 Å². The van der Waals surface area contributed by atoms with Gasteiger partial charge >= 0.3 is 6.03 Å². The average molecular weight is 452 g/mol. The number of carbonyl (C=O) groups is 4. The second-order valence-electron chi connectivity index (χ2n) is 8.82. The lowest BCUT2D eigenvalue weighted by Crippen LogP contribution is -2.53. The third-order valence-corrected chi connectivity index (χ3v) is 6.75. The number of nitrogens with one attached hydrogen (secondary N) is 3. The topological polar surface area (TPSA) is 111 Å². The van der Waals surface area contributed by atoms with Gasteiger partial charge in [0.1, 0.15) is 18.1 Å². The molecule has 0 radical (unpaired) electrons. The minimum Gasteiger partial charge on any atom is -0.361 e. The van der Waals surface area contributed by atoms with Gasteiger partial charge in [0.25, 0.3) is 5.91 Å². The van der Waals surface area contributed by atoms with E-state index in [2.05, 4.69) is 16.0 Å². The number of imide groups is 1. The van der Waals surface area contributed by atoms with E-state index in [4.69, 9.17) is 0 Å². The van der Waals surface area contributed by atoms with Crippen LogP contribution in [0.4, 0.5) is 21.9 Å². The number of para-hydroxylation sites is 2. The maximum atomic E-state index is 13.1. The third kappa shape index (κ3) is 3.40. The number of hydrogen-bond acceptors (Lipinski definition) is 5. The maximum absolute atomic E-state index is 13.1. The van der Waals surface area contributed by atoms with Crippen LogP contribution in [0.15, 0.2) is 42.5 Å². The standard InChI is InChI=1S/C24H25N5O4.2H2/c1-3-17-21(31)29(19-7-5-4-6-18(19)28(17)2)13-20(30)25-16-9-8-14-11-24(12-15(14)10-16)22(32)26-23(33)27-24;;/h4-10,17H,3,11-13H2,1-2H3,(H,25,30)(H2,26,27,32,33);2*1H. The quantitative estimate of drug-likeness (QED) is 0.617. The first-order valence-corrected chi connectivity index (χ1v) is 11.0. The highest BCUT2D eigenvalue weighted by atomic mass is 16.2. The molecule has 33 heavy (non-hydrogen) atoms. The van der Waals surface area contributed by atoms with Crippen LogP contribution >= 0.6 is 0 Å². The largest absolute Gasteiger partial charge is 0.361 e. The second kappa shape index (κ2) is 7.61. The molecule has 2 aliphatic heterocycles. The first-order chi connectivity index (χ1) is 15.8. The highest BCUT2D eigenvalue weighted by Gasteiger charge is 2.50. The fraction of sp³-hybridized carbons (Fsp3) is 0.333. The van der Waals surface area contributed by atoms with Gasteiger partial charge in [-0.15, -0.1) is 0 Å². The van der Waals surface area contributed by atoms with Crippen LogP contribution in [0.1, 0.15) is 27.3 Å². The van der Waals surface area contributed by atoms with Crippen molar-refractivity contribution in [1.82, 2.24) is 10.6 Å². The van der Waals surface area contributed by atoms with Crippen molar-refractivity contribution in [2.24, 2.45) is 0 Å². The van der Waals surface area contributed by atoms with Crippen molar-refractivity contribution in [3.63, 3.8) is 0 Å². The highest BCUT2D eigenvalue weighted by molar-refractivity contribution is 6.10. The van der Waals surface area contributed by atoms with E-state index >= 15 is 0 Å². The van der Waals surface area contributed by atoms with Crippen molar-refractivity contribution in [2.75, 3.05) is 28.7 Å². The van der Waals surface area contributed by atoms with Crippen LogP contribution in [-0.2, 0) is 27.2 Å². The summed E-state index contributed by atoms with van der Waals surface area (Å²) in [6, 6.07) is 12.2. The average Bonchev–Trinajstić information content (AvgIpc) is 3.28. The smallest absolute Gasteiger partial charge is 0.322 e. The van der Waals surface area contributed by atoms with Gasteiger partial charge in [-0.1, -0.05) is 25.1 Å². The maximum Gasteiger partial charge on any atom is 0.322 e. The number of nitrogens with zero attached hydrogens (tertiary/aromatic N) is 2. The molecule has 2 unspecified atom stereocenters. The summed E-state index contributed by atoms with van der Waals surface area (Å²) in [5, 5.41) is 7.91. The summed E-state index contributed by atoms with van der Waals surface area (Å²) in [6.07, 6.45) is 1.42. The fourth-order valence-electron chi connectivity index (χ4n) is 5.11. The van der Waals surface area contributed by atoms with Crippen LogP contribution in [0, 0.1) is 0 Å². The fourth-order valence-corrected chi connectivity index (χ4v) is 5.11. The Morgan fingerprint density at radius 1 is 1.12 bits per heavy atom. The summed E-state index contributed by atoms with van der Waals surface area (Å²) < 4.78 is 0. The van der Waals surface area contributed by atoms with Gasteiger partial charge < -0.3 is 15.5 Å². The van der Waals surface area contributed by atoms with Crippen molar-refractivity contribution >= 4 is 40.8 Å². The van der Waals surface area contributed by atoms with Crippen molar-refractivity contribution in [3.8, 4) is 0 Å². The van der Waals surface area contributed by atoms with E-state index in [0.717, 1.165) is 16.8 Å². The van der Waals surface area contributed by atoms with Crippen LogP contribution in [0.5, 0.6) is 0 Å². The van der Waals surface area contributed by atoms with Gasteiger partial charge in [0.05, 0.1) is 11.4 Å². The van der Waals surface area contributed by atoms with Crippen LogP contribution in [-0.4, -0.2) is 48.9 Å². The molecule has 1 aliphatic carbocycles. The van der Waals surface area contributed by atoms with E-state index in [9.17, 15) is 19.2 Å². The van der Waals surface area contributed by atoms with Crippen molar-refractivity contribution in [2.45, 2.75) is 37.8 Å². The Kier molecular flexibility index (Phi) is 4.84. The molecule has 0 aromatic heterocycles. The summed E-state index contributed by atoms with van der Waals surface area (Å²) in [5.74, 6) is -0.739. The van der Waals surface area contributed by atoms with Gasteiger partial charge in [0.15, 0.2) is 0 Å². The molecular weight excluding hydrogens is 422 g/mol. The Hall–Kier alpha value is -3.88. The van der Waals surface area contributed by atoms with Gasteiger partial charge in [0, 0.05) is 28.4 Å². The molecule has 3 N–H and O–H groups in total. The van der Waals surface area contributed by atoms with Gasteiger partial charge in [-0.25, -0.2) is 4.79 Å². The van der Waals surface area contributed by atoms with Crippen molar-refractivity contribution in [1.29, 1.82) is 0 Å². The number of anilines is 3. The van der Waals surface area contributed by atoms with Gasteiger partial charge in [-0.3, -0.25) is 24.6 Å². The molecule has 174 valence electrons. The Labute approximate surface area is 194 Å². The van der Waals surface area contributed by atoms with E-state index < -0.39 is 11.6 Å². The molecule has 2 aromatic rings. The van der Waals surface area contributed by atoms with Gasteiger partial charge in [0.2, 0.25) is 11.8 Å². The van der Waals surface area contributed by atoms with Crippen LogP contribution in [0.2, 0.25) is 0 Å².